The lowest BCUT2D eigenvalue weighted by Gasteiger charge is -2.42. The lowest BCUT2D eigenvalue weighted by molar-refractivity contribution is -0.0181. The van der Waals surface area contributed by atoms with Gasteiger partial charge < -0.3 is 19.5 Å². The fourth-order valence-electron chi connectivity index (χ4n) is 2.70. The molecule has 0 atom stereocenters. The molecule has 0 saturated heterocycles. The van der Waals surface area contributed by atoms with Crippen LogP contribution in [0.15, 0.2) is 18.2 Å². The first-order valence-corrected chi connectivity index (χ1v) is 7.73. The maximum absolute atomic E-state index is 6.37. The Morgan fingerprint density at radius 1 is 1.14 bits per heavy atom. The van der Waals surface area contributed by atoms with Gasteiger partial charge in [0.1, 0.15) is 5.60 Å². The first-order chi connectivity index (χ1) is 10.1. The molecule has 0 aromatic heterocycles. The van der Waals surface area contributed by atoms with Gasteiger partial charge in [-0.2, -0.15) is 0 Å². The summed E-state index contributed by atoms with van der Waals surface area (Å²) in [7, 11) is 3.32. The molecule has 0 radical (unpaired) electrons. The maximum atomic E-state index is 6.37. The zero-order valence-electron chi connectivity index (χ0n) is 13.6. The Morgan fingerprint density at radius 2 is 1.76 bits per heavy atom. The average molecular weight is 293 g/mol. The third kappa shape index (κ3) is 3.82. The van der Waals surface area contributed by atoms with E-state index in [-0.39, 0.29) is 5.60 Å². The number of para-hydroxylation sites is 1. The van der Waals surface area contributed by atoms with E-state index in [2.05, 4.69) is 19.2 Å². The summed E-state index contributed by atoms with van der Waals surface area (Å²) in [6, 6.07) is 6.24. The molecule has 1 saturated carbocycles. The first-order valence-electron chi connectivity index (χ1n) is 7.73. The molecule has 1 aliphatic carbocycles. The lowest BCUT2D eigenvalue weighted by atomic mass is 9.77. The molecule has 1 aromatic rings. The number of hydrogen-bond donors (Lipinski definition) is 1. The Hall–Kier alpha value is -1.42. The lowest BCUT2D eigenvalue weighted by Crippen LogP contribution is -2.46. The predicted octanol–water partition coefficient (Wildman–Crippen LogP) is 3.39. The van der Waals surface area contributed by atoms with Crippen molar-refractivity contribution in [1.29, 1.82) is 0 Å². The van der Waals surface area contributed by atoms with Crippen LogP contribution in [-0.4, -0.2) is 32.4 Å². The van der Waals surface area contributed by atoms with Gasteiger partial charge in [-0.1, -0.05) is 19.9 Å². The van der Waals surface area contributed by atoms with Gasteiger partial charge in [-0.05, 0) is 44.4 Å². The van der Waals surface area contributed by atoms with Gasteiger partial charge in [-0.15, -0.1) is 0 Å². The van der Waals surface area contributed by atoms with Gasteiger partial charge in [0, 0.05) is 6.04 Å². The standard InChI is InChI=1S/C17H27NO3/c1-13(2)18-12-11-17(9-6-10-17)21-16-14(19-3)7-5-8-15(16)20-4/h5,7-8,13,18H,6,9-12H2,1-4H3. The molecule has 0 heterocycles. The summed E-state index contributed by atoms with van der Waals surface area (Å²) in [6.45, 7) is 5.30. The van der Waals surface area contributed by atoms with Gasteiger partial charge in [0.25, 0.3) is 0 Å². The quantitative estimate of drug-likeness (QED) is 0.797. The molecule has 118 valence electrons. The SMILES string of the molecule is COc1cccc(OC)c1OC1(CCNC(C)C)CCC1. The topological polar surface area (TPSA) is 39.7 Å². The van der Waals surface area contributed by atoms with Crippen LogP contribution in [0.3, 0.4) is 0 Å². The van der Waals surface area contributed by atoms with Crippen LogP contribution < -0.4 is 19.5 Å². The highest BCUT2D eigenvalue weighted by Gasteiger charge is 2.40. The molecule has 4 nitrogen and oxygen atoms in total. The molecule has 1 aromatic carbocycles. The van der Waals surface area contributed by atoms with Crippen molar-refractivity contribution < 1.29 is 14.2 Å². The molecular weight excluding hydrogens is 266 g/mol. The van der Waals surface area contributed by atoms with Crippen LogP contribution in [0.5, 0.6) is 17.2 Å². The highest BCUT2D eigenvalue weighted by atomic mass is 16.6. The van der Waals surface area contributed by atoms with E-state index in [9.17, 15) is 0 Å². The molecule has 1 aliphatic rings. The smallest absolute Gasteiger partial charge is 0.204 e. The van der Waals surface area contributed by atoms with Crippen LogP contribution in [0.4, 0.5) is 0 Å². The van der Waals surface area contributed by atoms with Gasteiger partial charge in [-0.25, -0.2) is 0 Å². The third-order valence-corrected chi connectivity index (χ3v) is 4.10. The molecule has 2 rings (SSSR count). The van der Waals surface area contributed by atoms with Crippen molar-refractivity contribution in [3.05, 3.63) is 18.2 Å². The molecule has 1 fully saturated rings. The fraction of sp³-hybridized carbons (Fsp3) is 0.647. The summed E-state index contributed by atoms with van der Waals surface area (Å²) >= 11 is 0. The Bertz CT molecular complexity index is 433. The van der Waals surface area contributed by atoms with Crippen molar-refractivity contribution in [1.82, 2.24) is 5.32 Å². The summed E-state index contributed by atoms with van der Waals surface area (Å²) in [5.74, 6) is 2.20. The number of ether oxygens (including phenoxy) is 3. The van der Waals surface area contributed by atoms with Gasteiger partial charge >= 0.3 is 0 Å². The summed E-state index contributed by atoms with van der Waals surface area (Å²) < 4.78 is 17.2. The maximum Gasteiger partial charge on any atom is 0.204 e. The van der Waals surface area contributed by atoms with Crippen molar-refractivity contribution in [3.63, 3.8) is 0 Å². The van der Waals surface area contributed by atoms with E-state index in [0.717, 1.165) is 43.1 Å². The summed E-state index contributed by atoms with van der Waals surface area (Å²) in [5.41, 5.74) is -0.0796. The van der Waals surface area contributed by atoms with Crippen molar-refractivity contribution in [3.8, 4) is 17.2 Å². The highest BCUT2D eigenvalue weighted by Crippen LogP contribution is 2.45. The largest absolute Gasteiger partial charge is 0.493 e. The van der Waals surface area contributed by atoms with Crippen LogP contribution in [0.25, 0.3) is 0 Å². The normalized spacial score (nSPS) is 16.4. The molecule has 0 aliphatic heterocycles. The van der Waals surface area contributed by atoms with Gasteiger partial charge in [0.2, 0.25) is 5.75 Å². The number of nitrogens with one attached hydrogen (secondary N) is 1. The highest BCUT2D eigenvalue weighted by molar-refractivity contribution is 5.51. The predicted molar refractivity (Wildman–Crippen MR) is 84.5 cm³/mol. The van der Waals surface area contributed by atoms with E-state index in [0.29, 0.717) is 6.04 Å². The van der Waals surface area contributed by atoms with Gasteiger partial charge in [0.15, 0.2) is 11.5 Å². The van der Waals surface area contributed by atoms with Crippen LogP contribution in [0, 0.1) is 0 Å². The van der Waals surface area contributed by atoms with Gasteiger partial charge in [0.05, 0.1) is 14.2 Å². The minimum absolute atomic E-state index is 0.0796. The van der Waals surface area contributed by atoms with E-state index in [4.69, 9.17) is 14.2 Å². The second kappa shape index (κ2) is 7.03. The van der Waals surface area contributed by atoms with E-state index in [1.54, 1.807) is 14.2 Å². The second-order valence-corrected chi connectivity index (χ2v) is 5.99. The fourth-order valence-corrected chi connectivity index (χ4v) is 2.70. The molecule has 1 N–H and O–H groups in total. The molecule has 0 bridgehead atoms. The van der Waals surface area contributed by atoms with E-state index in [1.807, 2.05) is 18.2 Å². The molecule has 0 unspecified atom stereocenters. The van der Waals surface area contributed by atoms with E-state index >= 15 is 0 Å². The number of hydrogen-bond acceptors (Lipinski definition) is 4. The molecule has 0 amide bonds. The van der Waals surface area contributed by atoms with Crippen LogP contribution >= 0.6 is 0 Å². The van der Waals surface area contributed by atoms with Crippen LogP contribution in [0.2, 0.25) is 0 Å². The van der Waals surface area contributed by atoms with Gasteiger partial charge in [-0.3, -0.25) is 0 Å². The van der Waals surface area contributed by atoms with Crippen molar-refractivity contribution >= 4 is 0 Å². The molecule has 0 spiro atoms. The average Bonchev–Trinajstić information content (AvgIpc) is 2.44. The zero-order chi connectivity index (χ0) is 15.3. The number of rotatable bonds is 8. The Labute approximate surface area is 127 Å². The Balaban J connectivity index is 2.11. The van der Waals surface area contributed by atoms with Crippen LogP contribution in [0.1, 0.15) is 39.5 Å². The minimum atomic E-state index is -0.0796. The molecular formula is C17H27NO3. The Morgan fingerprint density at radius 3 is 2.19 bits per heavy atom. The first kappa shape index (κ1) is 16.0. The van der Waals surface area contributed by atoms with E-state index < -0.39 is 0 Å². The summed E-state index contributed by atoms with van der Waals surface area (Å²) in [5, 5.41) is 3.47. The summed E-state index contributed by atoms with van der Waals surface area (Å²) in [6.07, 6.45) is 4.41. The zero-order valence-corrected chi connectivity index (χ0v) is 13.6. The third-order valence-electron chi connectivity index (χ3n) is 4.10. The van der Waals surface area contributed by atoms with Crippen molar-refractivity contribution in [2.45, 2.75) is 51.2 Å². The molecule has 4 heteroatoms. The van der Waals surface area contributed by atoms with Crippen molar-refractivity contribution in [2.24, 2.45) is 0 Å². The number of benzene rings is 1. The monoisotopic (exact) mass is 293 g/mol. The minimum Gasteiger partial charge on any atom is -0.493 e. The Kier molecular flexibility index (Phi) is 5.34. The van der Waals surface area contributed by atoms with Crippen LogP contribution in [-0.2, 0) is 0 Å². The molecule has 21 heavy (non-hydrogen) atoms. The number of methoxy groups -OCH3 is 2. The van der Waals surface area contributed by atoms with Crippen molar-refractivity contribution in [2.75, 3.05) is 20.8 Å². The second-order valence-electron chi connectivity index (χ2n) is 5.99. The summed E-state index contributed by atoms with van der Waals surface area (Å²) in [4.78, 5) is 0. The van der Waals surface area contributed by atoms with E-state index in [1.165, 1.54) is 6.42 Å².